The third kappa shape index (κ3) is 3.96. The van der Waals surface area contributed by atoms with Gasteiger partial charge in [-0.05, 0) is 80.5 Å². The zero-order valence-electron chi connectivity index (χ0n) is 19.7. The molecule has 0 atom stereocenters. The molecule has 4 fully saturated rings. The lowest BCUT2D eigenvalue weighted by Crippen LogP contribution is -2.59. The van der Waals surface area contributed by atoms with Gasteiger partial charge >= 0.3 is 0 Å². The zero-order valence-corrected chi connectivity index (χ0v) is 19.7. The molecule has 0 radical (unpaired) electrons. The maximum absolute atomic E-state index is 13.1. The monoisotopic (exact) mass is 474 g/mol. The summed E-state index contributed by atoms with van der Waals surface area (Å²) in [5, 5.41) is 21.3. The lowest BCUT2D eigenvalue weighted by Gasteiger charge is -2.56. The first kappa shape index (κ1) is 21.8. The van der Waals surface area contributed by atoms with Gasteiger partial charge in [0.15, 0.2) is 11.5 Å². The number of hydrogen-bond donors (Lipinski definition) is 4. The van der Waals surface area contributed by atoms with Gasteiger partial charge in [0.25, 0.3) is 5.91 Å². The number of nitrogens with zero attached hydrogens (tertiary/aromatic N) is 5. The quantitative estimate of drug-likeness (QED) is 0.415. The van der Waals surface area contributed by atoms with Gasteiger partial charge in [-0.25, -0.2) is 4.98 Å². The molecule has 182 valence electrons. The van der Waals surface area contributed by atoms with Crippen LogP contribution in [0.2, 0.25) is 0 Å². The Labute approximate surface area is 203 Å². The predicted octanol–water partition coefficient (Wildman–Crippen LogP) is 2.41. The van der Waals surface area contributed by atoms with Gasteiger partial charge in [-0.1, -0.05) is 0 Å². The highest BCUT2D eigenvalue weighted by molar-refractivity contribution is 5.95. The smallest absolute Gasteiger partial charge is 0.251 e. The second kappa shape index (κ2) is 7.93. The standard InChI is InChI=1S/C25H30N8O2/c1-32(12-18-13-33(35)22-20(28-18)21(26)29-24(27)30-22)19-4-2-17(3-5-19)23(34)31-25-9-14-6-15(10-25)8-16(7-14)11-25/h2-5,13-16,35H,6-12H2,1H3,(H,31,34)(H3,26,27,29). The Kier molecular flexibility index (Phi) is 4.94. The number of nitrogen functional groups attached to an aromatic ring is 1. The number of amides is 1. The van der Waals surface area contributed by atoms with Crippen LogP contribution < -0.4 is 21.6 Å². The molecule has 10 heteroatoms. The van der Waals surface area contributed by atoms with Crippen molar-refractivity contribution in [2.24, 2.45) is 17.8 Å². The first-order valence-corrected chi connectivity index (χ1v) is 12.2. The van der Waals surface area contributed by atoms with Crippen LogP contribution in [-0.2, 0) is 6.54 Å². The van der Waals surface area contributed by atoms with Gasteiger partial charge in [-0.3, -0.25) is 10.2 Å². The Bertz CT molecular complexity index is 1280. The molecule has 4 bridgehead atoms. The van der Waals surface area contributed by atoms with Crippen molar-refractivity contribution in [3.8, 4) is 11.5 Å². The molecular weight excluding hydrogens is 444 g/mol. The lowest BCUT2D eigenvalue weighted by atomic mass is 9.53. The van der Waals surface area contributed by atoms with Gasteiger partial charge in [-0.15, -0.1) is 0 Å². The third-order valence-corrected chi connectivity index (χ3v) is 8.02. The van der Waals surface area contributed by atoms with Gasteiger partial charge in [0.05, 0.1) is 18.4 Å². The Balaban J connectivity index is 1.15. The Morgan fingerprint density at radius 1 is 1.14 bits per heavy atom. The third-order valence-electron chi connectivity index (χ3n) is 8.02. The molecule has 7 rings (SSSR count). The van der Waals surface area contributed by atoms with Crippen LogP contribution in [0.4, 0.5) is 11.5 Å². The number of nitrogens with two attached hydrogens (primary N) is 1. The summed E-state index contributed by atoms with van der Waals surface area (Å²) in [6.07, 6.45) is 8.89. The van der Waals surface area contributed by atoms with Crippen molar-refractivity contribution < 1.29 is 10.0 Å². The molecule has 5 N–H and O–H groups in total. The molecule has 0 spiro atoms. The van der Waals surface area contributed by atoms with Gasteiger partial charge in [0.1, 0.15) is 0 Å². The van der Waals surface area contributed by atoms with Crippen LogP contribution in [0.25, 0.3) is 11.5 Å². The number of carbonyl (C=O) groups excluding carboxylic acids is 1. The number of fused-ring (bicyclic) bond motifs is 1. The van der Waals surface area contributed by atoms with Crippen molar-refractivity contribution in [3.63, 3.8) is 0 Å². The van der Waals surface area contributed by atoms with Crippen LogP contribution in [0.1, 0.15) is 54.6 Å². The summed E-state index contributed by atoms with van der Waals surface area (Å²) >= 11 is 0. The summed E-state index contributed by atoms with van der Waals surface area (Å²) in [7, 11) is 1.91. The van der Waals surface area contributed by atoms with Crippen LogP contribution in [0.15, 0.2) is 30.5 Å². The zero-order chi connectivity index (χ0) is 24.3. The molecule has 6 aliphatic rings. The van der Waals surface area contributed by atoms with E-state index in [4.69, 9.17) is 11.1 Å². The van der Waals surface area contributed by atoms with E-state index in [9.17, 15) is 10.0 Å². The van der Waals surface area contributed by atoms with Crippen LogP contribution in [0.3, 0.4) is 0 Å². The number of anilines is 2. The number of nitrogens with one attached hydrogen (secondary N) is 2. The van der Waals surface area contributed by atoms with Gasteiger partial charge in [-0.2, -0.15) is 14.7 Å². The van der Waals surface area contributed by atoms with Crippen LogP contribution in [0, 0.1) is 23.2 Å². The highest BCUT2D eigenvalue weighted by Crippen LogP contribution is 2.55. The highest BCUT2D eigenvalue weighted by Gasteiger charge is 2.51. The van der Waals surface area contributed by atoms with Gasteiger partial charge < -0.3 is 21.2 Å². The van der Waals surface area contributed by atoms with Crippen molar-refractivity contribution in [2.75, 3.05) is 17.7 Å². The fraction of sp³-hybridized carbons (Fsp3) is 0.480. The largest absolute Gasteiger partial charge is 0.427 e. The first-order valence-electron chi connectivity index (χ1n) is 12.2. The minimum Gasteiger partial charge on any atom is -0.427 e. The van der Waals surface area contributed by atoms with E-state index in [0.717, 1.165) is 47.4 Å². The molecule has 35 heavy (non-hydrogen) atoms. The molecule has 1 aromatic carbocycles. The highest BCUT2D eigenvalue weighted by atomic mass is 16.5. The topological polar surface area (TPSA) is 146 Å². The van der Waals surface area contributed by atoms with Gasteiger partial charge in [0, 0.05) is 23.8 Å². The number of benzene rings is 1. The normalized spacial score (nSPS) is 26.7. The number of rotatable bonds is 5. The predicted molar refractivity (Wildman–Crippen MR) is 129 cm³/mol. The Morgan fingerprint density at radius 2 is 1.77 bits per heavy atom. The van der Waals surface area contributed by atoms with E-state index < -0.39 is 0 Å². The average molecular weight is 475 g/mol. The maximum atomic E-state index is 13.1. The van der Waals surface area contributed by atoms with Crippen molar-refractivity contribution in [3.05, 3.63) is 47.3 Å². The van der Waals surface area contributed by atoms with Crippen LogP contribution in [0.5, 0.6) is 0 Å². The van der Waals surface area contributed by atoms with Crippen molar-refractivity contribution >= 4 is 17.4 Å². The van der Waals surface area contributed by atoms with Crippen molar-refractivity contribution in [1.29, 1.82) is 5.41 Å². The summed E-state index contributed by atoms with van der Waals surface area (Å²) in [5.74, 6) is 2.51. The minimum absolute atomic E-state index is 0.00496. The fourth-order valence-corrected chi connectivity index (χ4v) is 6.96. The Morgan fingerprint density at radius 3 is 2.40 bits per heavy atom. The van der Waals surface area contributed by atoms with E-state index in [1.807, 2.05) is 36.2 Å². The summed E-state index contributed by atoms with van der Waals surface area (Å²) < 4.78 is 0.819. The summed E-state index contributed by atoms with van der Waals surface area (Å²) in [5.41, 5.74) is 7.97. The van der Waals surface area contributed by atoms with E-state index in [2.05, 4.69) is 20.3 Å². The molecule has 0 unspecified atom stereocenters. The molecule has 1 amide bonds. The first-order chi connectivity index (χ1) is 16.8. The summed E-state index contributed by atoms with van der Waals surface area (Å²) in [6.45, 7) is 0.386. The molecule has 2 aliphatic heterocycles. The fourth-order valence-electron chi connectivity index (χ4n) is 6.96. The second-order valence-electron chi connectivity index (χ2n) is 10.7. The lowest BCUT2D eigenvalue weighted by molar-refractivity contribution is -0.0167. The minimum atomic E-state index is -0.281. The number of carbonyl (C=O) groups is 1. The van der Waals surface area contributed by atoms with E-state index >= 15 is 0 Å². The molecule has 0 saturated heterocycles. The molecular formula is C25H30N8O2. The SMILES string of the molecule is CN(Cc1cn(O)c2nc(=N)nc(N)c-2n1)c1ccc(C(=O)NC23CC4CC(CC(C4)C2)C3)cc1. The molecule has 4 aliphatic carbocycles. The van der Waals surface area contributed by atoms with Crippen molar-refractivity contribution in [1.82, 2.24) is 25.0 Å². The van der Waals surface area contributed by atoms with E-state index in [-0.39, 0.29) is 34.4 Å². The van der Waals surface area contributed by atoms with Crippen LogP contribution >= 0.6 is 0 Å². The molecule has 4 saturated carbocycles. The number of aromatic nitrogens is 4. The summed E-state index contributed by atoms with van der Waals surface area (Å²) in [4.78, 5) is 27.2. The van der Waals surface area contributed by atoms with Gasteiger partial charge in [0.2, 0.25) is 11.4 Å². The molecule has 1 aromatic rings. The van der Waals surface area contributed by atoms with Crippen LogP contribution in [-0.4, -0.2) is 43.4 Å². The van der Waals surface area contributed by atoms with E-state index in [0.29, 0.717) is 17.8 Å². The van der Waals surface area contributed by atoms with E-state index in [1.165, 1.54) is 25.5 Å². The average Bonchev–Trinajstić information content (AvgIpc) is 2.79. The molecule has 0 aromatic heterocycles. The van der Waals surface area contributed by atoms with E-state index in [1.54, 1.807) is 0 Å². The Hall–Kier alpha value is -3.69. The summed E-state index contributed by atoms with van der Waals surface area (Å²) in [6, 6.07) is 7.58. The van der Waals surface area contributed by atoms with Crippen molar-refractivity contribution in [2.45, 2.75) is 50.6 Å². The second-order valence-corrected chi connectivity index (χ2v) is 10.7. The molecule has 2 heterocycles. The molecule has 10 nitrogen and oxygen atoms in total. The maximum Gasteiger partial charge on any atom is 0.251 e. The number of hydrogen-bond acceptors (Lipinski definition) is 8.